The summed E-state index contributed by atoms with van der Waals surface area (Å²) < 4.78 is 0. The molecule has 1 fully saturated rings. The van der Waals surface area contributed by atoms with Crippen molar-refractivity contribution < 1.29 is 9.59 Å². The highest BCUT2D eigenvalue weighted by Crippen LogP contribution is 2.22. The van der Waals surface area contributed by atoms with Crippen LogP contribution >= 0.6 is 0 Å². The highest BCUT2D eigenvalue weighted by Gasteiger charge is 2.27. The third kappa shape index (κ3) is 5.42. The second-order valence-electron chi connectivity index (χ2n) is 7.24. The third-order valence-electron chi connectivity index (χ3n) is 5.29. The van der Waals surface area contributed by atoms with Crippen molar-refractivity contribution in [1.29, 1.82) is 0 Å². The third-order valence-corrected chi connectivity index (χ3v) is 5.29. The van der Waals surface area contributed by atoms with E-state index < -0.39 is 0 Å². The minimum Gasteiger partial charge on any atom is -0.351 e. The summed E-state index contributed by atoms with van der Waals surface area (Å²) in [6, 6.07) is 19.9. The Morgan fingerprint density at radius 3 is 2.14 bits per heavy atom. The van der Waals surface area contributed by atoms with E-state index in [1.807, 2.05) is 65.6 Å². The standard InChI is InChI=1S/C23H29N3O2/c1-2-21(20-11-7-4-8-12-20)23(28)26-15-13-25(14-16-26)18-22(27)24-17-19-9-5-3-6-10-19/h3-12,21H,2,13-18H2,1H3,(H,24,27)/t21-/m0/s1. The molecule has 1 heterocycles. The minimum absolute atomic E-state index is 0.0272. The molecule has 5 nitrogen and oxygen atoms in total. The van der Waals surface area contributed by atoms with Crippen molar-refractivity contribution in [3.63, 3.8) is 0 Å². The van der Waals surface area contributed by atoms with Crippen LogP contribution < -0.4 is 5.32 Å². The summed E-state index contributed by atoms with van der Waals surface area (Å²) in [7, 11) is 0. The molecule has 2 aromatic carbocycles. The first-order chi connectivity index (χ1) is 13.7. The number of benzene rings is 2. The first-order valence-corrected chi connectivity index (χ1v) is 10.0. The predicted octanol–water partition coefficient (Wildman–Crippen LogP) is 2.64. The number of rotatable bonds is 7. The molecule has 0 bridgehead atoms. The van der Waals surface area contributed by atoms with Crippen LogP contribution in [0.5, 0.6) is 0 Å². The fourth-order valence-corrected chi connectivity index (χ4v) is 3.64. The molecule has 1 atom stereocenters. The molecule has 0 radical (unpaired) electrons. The van der Waals surface area contributed by atoms with Gasteiger partial charge in [0, 0.05) is 32.7 Å². The van der Waals surface area contributed by atoms with E-state index in [-0.39, 0.29) is 17.7 Å². The van der Waals surface area contributed by atoms with E-state index in [0.717, 1.165) is 30.6 Å². The maximum atomic E-state index is 12.9. The average Bonchev–Trinajstić information content (AvgIpc) is 2.75. The normalized spacial score (nSPS) is 15.8. The summed E-state index contributed by atoms with van der Waals surface area (Å²) in [6.45, 7) is 5.80. The van der Waals surface area contributed by atoms with Crippen LogP contribution in [0.1, 0.15) is 30.4 Å². The number of hydrogen-bond acceptors (Lipinski definition) is 3. The van der Waals surface area contributed by atoms with Crippen molar-refractivity contribution in [3.05, 3.63) is 71.8 Å². The maximum absolute atomic E-state index is 12.9. The lowest BCUT2D eigenvalue weighted by molar-refractivity contribution is -0.135. The van der Waals surface area contributed by atoms with Gasteiger partial charge >= 0.3 is 0 Å². The molecule has 5 heteroatoms. The zero-order valence-electron chi connectivity index (χ0n) is 16.5. The van der Waals surface area contributed by atoms with E-state index in [2.05, 4.69) is 17.1 Å². The molecule has 0 aliphatic carbocycles. The Morgan fingerprint density at radius 2 is 1.54 bits per heavy atom. The molecular weight excluding hydrogens is 350 g/mol. The van der Waals surface area contributed by atoms with Crippen LogP contribution in [0.3, 0.4) is 0 Å². The highest BCUT2D eigenvalue weighted by atomic mass is 16.2. The fourth-order valence-electron chi connectivity index (χ4n) is 3.64. The molecule has 2 aromatic rings. The summed E-state index contributed by atoms with van der Waals surface area (Å²) in [6.07, 6.45) is 0.797. The molecule has 28 heavy (non-hydrogen) atoms. The Morgan fingerprint density at radius 1 is 0.929 bits per heavy atom. The van der Waals surface area contributed by atoms with E-state index in [1.165, 1.54) is 0 Å². The van der Waals surface area contributed by atoms with Gasteiger partial charge in [0.25, 0.3) is 0 Å². The van der Waals surface area contributed by atoms with Gasteiger partial charge in [-0.15, -0.1) is 0 Å². The van der Waals surface area contributed by atoms with Gasteiger partial charge in [-0.1, -0.05) is 67.6 Å². The van der Waals surface area contributed by atoms with Crippen LogP contribution in [0, 0.1) is 0 Å². The van der Waals surface area contributed by atoms with Crippen molar-refractivity contribution in [3.8, 4) is 0 Å². The maximum Gasteiger partial charge on any atom is 0.234 e. The SMILES string of the molecule is CC[C@H](C(=O)N1CCN(CC(=O)NCc2ccccc2)CC1)c1ccccc1. The summed E-state index contributed by atoms with van der Waals surface area (Å²) in [5.41, 5.74) is 2.18. The van der Waals surface area contributed by atoms with E-state index >= 15 is 0 Å². The molecule has 0 unspecified atom stereocenters. The number of nitrogens with one attached hydrogen (secondary N) is 1. The van der Waals surface area contributed by atoms with Crippen molar-refractivity contribution >= 4 is 11.8 Å². The van der Waals surface area contributed by atoms with Gasteiger partial charge in [0.1, 0.15) is 0 Å². The molecule has 148 valence electrons. The summed E-state index contributed by atoms with van der Waals surface area (Å²) >= 11 is 0. The summed E-state index contributed by atoms with van der Waals surface area (Å²) in [5, 5.41) is 2.97. The molecule has 2 amide bonds. The van der Waals surface area contributed by atoms with E-state index in [1.54, 1.807) is 0 Å². The highest BCUT2D eigenvalue weighted by molar-refractivity contribution is 5.84. The molecule has 1 N–H and O–H groups in total. The van der Waals surface area contributed by atoms with Crippen molar-refractivity contribution in [2.45, 2.75) is 25.8 Å². The number of piperazine rings is 1. The Bertz CT molecular complexity index is 756. The fraction of sp³-hybridized carbons (Fsp3) is 0.391. The quantitative estimate of drug-likeness (QED) is 0.805. The topological polar surface area (TPSA) is 52.7 Å². The van der Waals surface area contributed by atoms with Gasteiger partial charge in [-0.2, -0.15) is 0 Å². The molecule has 3 rings (SSSR count). The van der Waals surface area contributed by atoms with Crippen molar-refractivity contribution in [2.24, 2.45) is 0 Å². The van der Waals surface area contributed by atoms with Crippen LogP contribution in [0.25, 0.3) is 0 Å². The molecule has 0 spiro atoms. The zero-order chi connectivity index (χ0) is 19.8. The Labute approximate surface area is 167 Å². The average molecular weight is 380 g/mol. The van der Waals surface area contributed by atoms with Gasteiger partial charge in [-0.3, -0.25) is 14.5 Å². The molecule has 1 saturated heterocycles. The summed E-state index contributed by atoms with van der Waals surface area (Å²) in [5.74, 6) is 0.142. The van der Waals surface area contributed by atoms with Gasteiger partial charge in [0.05, 0.1) is 12.5 Å². The largest absolute Gasteiger partial charge is 0.351 e. The Balaban J connectivity index is 1.44. The lowest BCUT2D eigenvalue weighted by atomic mass is 9.95. The first-order valence-electron chi connectivity index (χ1n) is 10.0. The van der Waals surface area contributed by atoms with Crippen LogP contribution in [0.2, 0.25) is 0 Å². The predicted molar refractivity (Wildman–Crippen MR) is 111 cm³/mol. The van der Waals surface area contributed by atoms with Gasteiger partial charge in [0.2, 0.25) is 11.8 Å². The van der Waals surface area contributed by atoms with Gasteiger partial charge in [-0.05, 0) is 17.5 Å². The zero-order valence-corrected chi connectivity index (χ0v) is 16.5. The summed E-state index contributed by atoms with van der Waals surface area (Å²) in [4.78, 5) is 29.2. The van der Waals surface area contributed by atoms with Crippen LogP contribution in [0.4, 0.5) is 0 Å². The van der Waals surface area contributed by atoms with Crippen LogP contribution in [-0.2, 0) is 16.1 Å². The molecular formula is C23H29N3O2. The van der Waals surface area contributed by atoms with Crippen molar-refractivity contribution in [2.75, 3.05) is 32.7 Å². The number of carbonyl (C=O) groups excluding carboxylic acids is 2. The molecule has 1 aliphatic heterocycles. The Hall–Kier alpha value is -2.66. The van der Waals surface area contributed by atoms with Gasteiger partial charge in [-0.25, -0.2) is 0 Å². The van der Waals surface area contributed by atoms with E-state index in [0.29, 0.717) is 26.2 Å². The second kappa shape index (κ2) is 10.0. The lowest BCUT2D eigenvalue weighted by Crippen LogP contribution is -2.52. The monoisotopic (exact) mass is 379 g/mol. The minimum atomic E-state index is -0.0816. The second-order valence-corrected chi connectivity index (χ2v) is 7.24. The van der Waals surface area contributed by atoms with Gasteiger partial charge < -0.3 is 10.2 Å². The van der Waals surface area contributed by atoms with Crippen LogP contribution in [0.15, 0.2) is 60.7 Å². The number of hydrogen-bond donors (Lipinski definition) is 1. The van der Waals surface area contributed by atoms with E-state index in [4.69, 9.17) is 0 Å². The smallest absolute Gasteiger partial charge is 0.234 e. The van der Waals surface area contributed by atoms with Crippen LogP contribution in [-0.4, -0.2) is 54.3 Å². The lowest BCUT2D eigenvalue weighted by Gasteiger charge is -2.36. The Kier molecular flexibility index (Phi) is 7.20. The van der Waals surface area contributed by atoms with Crippen molar-refractivity contribution in [1.82, 2.24) is 15.1 Å². The molecule has 0 aromatic heterocycles. The number of nitrogens with zero attached hydrogens (tertiary/aromatic N) is 2. The first kappa shape index (κ1) is 20.1. The molecule has 1 aliphatic rings. The van der Waals surface area contributed by atoms with Gasteiger partial charge in [0.15, 0.2) is 0 Å². The number of carbonyl (C=O) groups is 2. The molecule has 0 saturated carbocycles. The number of amides is 2. The van der Waals surface area contributed by atoms with E-state index in [9.17, 15) is 9.59 Å².